The molecule has 0 bridgehead atoms. The fourth-order valence-electron chi connectivity index (χ4n) is 6.63. The Hall–Kier alpha value is -4.06. The van der Waals surface area contributed by atoms with Gasteiger partial charge in [0.1, 0.15) is 0 Å². The molecule has 0 aliphatic heterocycles. The Bertz CT molecular complexity index is 2220. The van der Waals surface area contributed by atoms with E-state index in [0.29, 0.717) is 0 Å². The monoisotopic (exact) mass is 684 g/mol. The second kappa shape index (κ2) is 14.0. The number of rotatable bonds is 2. The standard InChI is InChI=1S/C21H13.C15H14.C10H15.Zr/c1-2-8-15-14(7-1)13-20-18-11-4-3-9-16(18)17-10-5-6-12-19(17)21(15)20;1-12-3-7-14(8-4-12)11-15-9-5-13(2)6-10-15;1-8-6-5-7-9(8)10(2,3)4;/h1-13H;3-10H,1-2H3;6H,5H2,1-4H3;/q-1;;-1;+2. The third-order valence-electron chi connectivity index (χ3n) is 9.02. The molecule has 0 fully saturated rings. The molecular formula is C46H42Zr. The van der Waals surface area contributed by atoms with Gasteiger partial charge in [-0.2, -0.15) is 6.08 Å². The number of allylic oxidation sites excluding steroid dienone is 4. The smallest absolute Gasteiger partial charge is 0.0255 e. The molecule has 0 heterocycles. The Morgan fingerprint density at radius 2 is 1.06 bits per heavy atom. The van der Waals surface area contributed by atoms with Crippen LogP contribution in [0.25, 0.3) is 43.1 Å². The van der Waals surface area contributed by atoms with E-state index < -0.39 is 0 Å². The molecule has 7 aromatic carbocycles. The van der Waals surface area contributed by atoms with Gasteiger partial charge in [0, 0.05) is 0 Å². The quantitative estimate of drug-likeness (QED) is 0.126. The van der Waals surface area contributed by atoms with Crippen molar-refractivity contribution in [3.8, 4) is 0 Å². The van der Waals surface area contributed by atoms with E-state index in [0.717, 1.165) is 6.42 Å². The second-order valence-electron chi connectivity index (χ2n) is 13.6. The fourth-order valence-corrected chi connectivity index (χ4v) is 7.45. The van der Waals surface area contributed by atoms with Gasteiger partial charge in [0.05, 0.1) is 0 Å². The summed E-state index contributed by atoms with van der Waals surface area (Å²) in [5, 5.41) is 10.8. The topological polar surface area (TPSA) is 0 Å². The van der Waals surface area contributed by atoms with Crippen LogP contribution >= 0.6 is 0 Å². The molecule has 0 radical (unpaired) electrons. The summed E-state index contributed by atoms with van der Waals surface area (Å²) in [6.45, 7) is 13.1. The summed E-state index contributed by atoms with van der Waals surface area (Å²) < 4.78 is 1.42. The molecule has 0 saturated carbocycles. The molecule has 0 unspecified atom stereocenters. The zero-order valence-electron chi connectivity index (χ0n) is 28.4. The van der Waals surface area contributed by atoms with Gasteiger partial charge in [-0.15, -0.1) is 47.0 Å². The Morgan fingerprint density at radius 3 is 1.55 bits per heavy atom. The predicted molar refractivity (Wildman–Crippen MR) is 202 cm³/mol. The van der Waals surface area contributed by atoms with E-state index in [1.165, 1.54) is 104 Å². The van der Waals surface area contributed by atoms with Crippen LogP contribution < -0.4 is 0 Å². The van der Waals surface area contributed by atoms with Gasteiger partial charge in [-0.3, -0.25) is 6.08 Å². The third-order valence-corrected chi connectivity index (χ3v) is 10.4. The predicted octanol–water partition coefficient (Wildman–Crippen LogP) is 12.5. The van der Waals surface area contributed by atoms with Gasteiger partial charge in [0.15, 0.2) is 0 Å². The van der Waals surface area contributed by atoms with Crippen molar-refractivity contribution in [2.24, 2.45) is 5.41 Å². The van der Waals surface area contributed by atoms with Crippen molar-refractivity contribution in [3.63, 3.8) is 0 Å². The van der Waals surface area contributed by atoms with Crippen LogP contribution in [0.4, 0.5) is 0 Å². The van der Waals surface area contributed by atoms with E-state index in [9.17, 15) is 0 Å². The number of aryl methyl sites for hydroxylation is 2. The van der Waals surface area contributed by atoms with Crippen molar-refractivity contribution in [1.29, 1.82) is 0 Å². The number of fused-ring (bicyclic) bond motifs is 8. The van der Waals surface area contributed by atoms with Crippen LogP contribution in [0.5, 0.6) is 0 Å². The Kier molecular flexibility index (Phi) is 9.77. The van der Waals surface area contributed by atoms with Crippen LogP contribution in [-0.2, 0) is 24.2 Å². The maximum Gasteiger partial charge on any atom is -0.0255 e. The summed E-state index contributed by atoms with van der Waals surface area (Å²) in [6, 6.07) is 46.0. The fraction of sp³-hybridized carbons (Fsp3) is 0.174. The Balaban J connectivity index is 0.000000132. The normalized spacial score (nSPS) is 12.8. The zero-order chi connectivity index (χ0) is 33.1. The van der Waals surface area contributed by atoms with Gasteiger partial charge in [-0.25, -0.2) is 11.1 Å². The molecular weight excluding hydrogens is 644 g/mol. The molecule has 230 valence electrons. The van der Waals surface area contributed by atoms with Crippen LogP contribution in [0.2, 0.25) is 0 Å². The average molecular weight is 686 g/mol. The molecule has 0 aromatic heterocycles. The van der Waals surface area contributed by atoms with E-state index in [2.05, 4.69) is 181 Å². The maximum absolute atomic E-state index is 3.37. The van der Waals surface area contributed by atoms with Crippen molar-refractivity contribution in [2.45, 2.75) is 48.0 Å². The summed E-state index contributed by atoms with van der Waals surface area (Å²) >= 11 is 1.46. The summed E-state index contributed by atoms with van der Waals surface area (Å²) in [7, 11) is 0. The van der Waals surface area contributed by atoms with E-state index in [-0.39, 0.29) is 5.41 Å². The maximum atomic E-state index is 3.37. The van der Waals surface area contributed by atoms with Crippen LogP contribution in [0.15, 0.2) is 145 Å². The van der Waals surface area contributed by atoms with Crippen molar-refractivity contribution >= 4 is 46.3 Å². The number of benzene rings is 6. The van der Waals surface area contributed by atoms with Crippen molar-refractivity contribution in [2.75, 3.05) is 0 Å². The largest absolute Gasteiger partial charge is 0.126 e. The molecule has 1 heteroatoms. The van der Waals surface area contributed by atoms with Crippen molar-refractivity contribution in [3.05, 3.63) is 173 Å². The first-order valence-corrected chi connectivity index (χ1v) is 17.7. The number of hydrogen-bond acceptors (Lipinski definition) is 0. The number of hydrogen-bond donors (Lipinski definition) is 0. The van der Waals surface area contributed by atoms with E-state index in [4.69, 9.17) is 0 Å². The first-order chi connectivity index (χ1) is 22.6. The first kappa shape index (κ1) is 32.9. The molecule has 1 aliphatic rings. The molecule has 0 amide bonds. The minimum Gasteiger partial charge on any atom is -0.126 e. The summed E-state index contributed by atoms with van der Waals surface area (Å²) in [6.07, 6.45) is 6.62. The second-order valence-corrected chi connectivity index (χ2v) is 14.8. The molecule has 47 heavy (non-hydrogen) atoms. The van der Waals surface area contributed by atoms with Crippen LogP contribution in [-0.4, -0.2) is 3.21 Å². The Labute approximate surface area is 295 Å². The van der Waals surface area contributed by atoms with Gasteiger partial charge >= 0.3 is 112 Å². The SMILES string of the molecule is CC1=CC[C-]=C1C(C)(C)C.Cc1ccc([C](=[Zr+2])c2ccc(C)cc2)cc1.c1ccc2c(c1)[cH-]c1c3ccccc3c3ccccc3c21. The molecule has 0 N–H and O–H groups in total. The van der Waals surface area contributed by atoms with Gasteiger partial charge < -0.3 is 0 Å². The van der Waals surface area contributed by atoms with Crippen LogP contribution in [0, 0.1) is 25.3 Å². The Morgan fingerprint density at radius 1 is 0.596 bits per heavy atom. The molecule has 0 saturated heterocycles. The van der Waals surface area contributed by atoms with E-state index in [1.807, 2.05) is 0 Å². The van der Waals surface area contributed by atoms with Crippen molar-refractivity contribution in [1.82, 2.24) is 0 Å². The molecule has 0 nitrogen and oxygen atoms in total. The average Bonchev–Trinajstić information content (AvgIpc) is 3.70. The van der Waals surface area contributed by atoms with Gasteiger partial charge in [-0.1, -0.05) is 98.3 Å². The molecule has 0 atom stereocenters. The zero-order valence-corrected chi connectivity index (χ0v) is 30.9. The molecule has 8 rings (SSSR count). The molecule has 0 spiro atoms. The summed E-state index contributed by atoms with van der Waals surface area (Å²) in [5.74, 6) is 0. The third kappa shape index (κ3) is 7.12. The van der Waals surface area contributed by atoms with Gasteiger partial charge in [0.2, 0.25) is 0 Å². The minimum atomic E-state index is 0.289. The van der Waals surface area contributed by atoms with E-state index in [1.54, 1.807) is 0 Å². The van der Waals surface area contributed by atoms with Crippen LogP contribution in [0.1, 0.15) is 56.4 Å². The minimum absolute atomic E-state index is 0.289. The summed E-state index contributed by atoms with van der Waals surface area (Å²) in [4.78, 5) is 0. The van der Waals surface area contributed by atoms with E-state index >= 15 is 0 Å². The first-order valence-electron chi connectivity index (χ1n) is 16.5. The van der Waals surface area contributed by atoms with Gasteiger partial charge in [0.25, 0.3) is 0 Å². The molecule has 1 aliphatic carbocycles. The summed E-state index contributed by atoms with van der Waals surface area (Å²) in [5.41, 5.74) is 8.41. The van der Waals surface area contributed by atoms with Crippen molar-refractivity contribution < 1.29 is 24.2 Å². The molecule has 7 aromatic rings. The van der Waals surface area contributed by atoms with Gasteiger partial charge in [-0.05, 0) is 16.2 Å². The van der Waals surface area contributed by atoms with Crippen LogP contribution in [0.3, 0.4) is 0 Å².